The highest BCUT2D eigenvalue weighted by Crippen LogP contribution is 2.41. The number of amides is 1. The molecule has 1 saturated carbocycles. The van der Waals surface area contributed by atoms with Gasteiger partial charge in [0.15, 0.2) is 0 Å². The average Bonchev–Trinajstić information content (AvgIpc) is 3.60. The van der Waals surface area contributed by atoms with Crippen LogP contribution >= 0.6 is 11.8 Å². The van der Waals surface area contributed by atoms with Crippen LogP contribution in [0.25, 0.3) is 0 Å². The summed E-state index contributed by atoms with van der Waals surface area (Å²) in [7, 11) is 1.65. The molecule has 5 nitrogen and oxygen atoms in total. The van der Waals surface area contributed by atoms with E-state index in [-0.39, 0.29) is 17.7 Å². The lowest BCUT2D eigenvalue weighted by Crippen LogP contribution is -2.31. The Bertz CT molecular complexity index is 932. The Labute approximate surface area is 175 Å². The first-order valence-corrected chi connectivity index (χ1v) is 11.2. The van der Waals surface area contributed by atoms with Crippen molar-refractivity contribution in [2.45, 2.75) is 49.6 Å². The Morgan fingerprint density at radius 2 is 2.07 bits per heavy atom. The van der Waals surface area contributed by atoms with Crippen LogP contribution in [-0.2, 0) is 17.6 Å². The lowest BCUT2D eigenvalue weighted by molar-refractivity contribution is -0.119. The van der Waals surface area contributed by atoms with E-state index in [1.807, 2.05) is 30.3 Å². The third kappa shape index (κ3) is 4.73. The van der Waals surface area contributed by atoms with Crippen LogP contribution in [0.4, 0.5) is 0 Å². The van der Waals surface area contributed by atoms with Gasteiger partial charge in [-0.15, -0.1) is 0 Å². The third-order valence-corrected chi connectivity index (χ3v) is 6.60. The lowest BCUT2D eigenvalue weighted by atomic mass is 9.95. The molecule has 1 atom stereocenters. The number of nitriles is 1. The molecule has 1 amide bonds. The normalized spacial score (nSPS) is 16.4. The topological polar surface area (TPSA) is 75.0 Å². The van der Waals surface area contributed by atoms with Gasteiger partial charge in [0.1, 0.15) is 16.8 Å². The minimum absolute atomic E-state index is 0.0221. The Kier molecular flexibility index (Phi) is 6.05. The highest BCUT2D eigenvalue weighted by Gasteiger charge is 2.33. The number of aromatic nitrogens is 1. The molecular formula is C23H25N3O2S. The average molecular weight is 408 g/mol. The van der Waals surface area contributed by atoms with Crippen LogP contribution < -0.4 is 10.1 Å². The van der Waals surface area contributed by atoms with Gasteiger partial charge in [0.2, 0.25) is 5.91 Å². The van der Waals surface area contributed by atoms with Crippen LogP contribution in [0, 0.1) is 17.2 Å². The van der Waals surface area contributed by atoms with E-state index >= 15 is 0 Å². The summed E-state index contributed by atoms with van der Waals surface area (Å²) >= 11 is 1.36. The first-order valence-electron chi connectivity index (χ1n) is 10.2. The van der Waals surface area contributed by atoms with E-state index in [1.165, 1.54) is 17.3 Å². The molecule has 29 heavy (non-hydrogen) atoms. The van der Waals surface area contributed by atoms with Crippen LogP contribution in [-0.4, -0.2) is 23.8 Å². The van der Waals surface area contributed by atoms with E-state index in [9.17, 15) is 10.1 Å². The SMILES string of the molecule is COc1ccc(C(NC(=O)CSc2nc3c(cc2C#N)CCCC3)C2CC2)cc1. The zero-order valence-electron chi connectivity index (χ0n) is 16.6. The standard InChI is InChI=1S/C23H25N3O2S/c1-28-19-10-8-16(9-11-19)22(15-6-7-15)26-21(27)14-29-23-18(13-24)12-17-4-2-3-5-20(17)25-23/h8-12,15,22H,2-7,14H2,1H3,(H,26,27). The number of hydrogen-bond acceptors (Lipinski definition) is 5. The molecule has 2 aliphatic rings. The van der Waals surface area contributed by atoms with Gasteiger partial charge in [-0.1, -0.05) is 23.9 Å². The van der Waals surface area contributed by atoms with Crippen molar-refractivity contribution in [3.05, 3.63) is 52.7 Å². The van der Waals surface area contributed by atoms with E-state index in [4.69, 9.17) is 9.72 Å². The van der Waals surface area contributed by atoms with Crippen LogP contribution in [0.15, 0.2) is 35.4 Å². The molecule has 0 bridgehead atoms. The molecule has 4 rings (SSSR count). The van der Waals surface area contributed by atoms with Crippen molar-refractivity contribution in [3.63, 3.8) is 0 Å². The summed E-state index contributed by atoms with van der Waals surface area (Å²) in [5, 5.41) is 13.4. The van der Waals surface area contributed by atoms with E-state index in [2.05, 4.69) is 11.4 Å². The molecule has 2 aromatic rings. The summed E-state index contributed by atoms with van der Waals surface area (Å²) in [6.45, 7) is 0. The van der Waals surface area contributed by atoms with Crippen molar-refractivity contribution in [2.75, 3.05) is 12.9 Å². The number of ether oxygens (including phenoxy) is 1. The van der Waals surface area contributed by atoms with Gasteiger partial charge in [-0.05, 0) is 73.8 Å². The van der Waals surface area contributed by atoms with Gasteiger partial charge < -0.3 is 10.1 Å². The number of nitrogens with one attached hydrogen (secondary N) is 1. The second kappa shape index (κ2) is 8.87. The second-order valence-corrected chi connectivity index (χ2v) is 8.67. The summed E-state index contributed by atoms with van der Waals surface area (Å²) in [5.74, 6) is 1.55. The number of nitrogens with zero attached hydrogens (tertiary/aromatic N) is 2. The number of fused-ring (bicyclic) bond motifs is 1. The largest absolute Gasteiger partial charge is 0.497 e. The molecule has 1 aromatic heterocycles. The van der Waals surface area contributed by atoms with E-state index in [1.54, 1.807) is 7.11 Å². The van der Waals surface area contributed by atoms with Gasteiger partial charge in [-0.3, -0.25) is 4.79 Å². The summed E-state index contributed by atoms with van der Waals surface area (Å²) < 4.78 is 5.23. The smallest absolute Gasteiger partial charge is 0.230 e. The Morgan fingerprint density at radius 3 is 2.76 bits per heavy atom. The van der Waals surface area contributed by atoms with Gasteiger partial charge in [-0.2, -0.15) is 5.26 Å². The quantitative estimate of drug-likeness (QED) is 0.696. The van der Waals surface area contributed by atoms with Crippen molar-refractivity contribution < 1.29 is 9.53 Å². The highest BCUT2D eigenvalue weighted by atomic mass is 32.2. The second-order valence-electron chi connectivity index (χ2n) is 7.71. The van der Waals surface area contributed by atoms with Crippen molar-refractivity contribution in [3.8, 4) is 11.8 Å². The first kappa shape index (κ1) is 19.8. The lowest BCUT2D eigenvalue weighted by Gasteiger charge is -2.19. The molecule has 0 radical (unpaired) electrons. The molecule has 1 fully saturated rings. The molecule has 0 saturated heterocycles. The van der Waals surface area contributed by atoms with Crippen molar-refractivity contribution in [1.82, 2.24) is 10.3 Å². The maximum atomic E-state index is 12.7. The summed E-state index contributed by atoms with van der Waals surface area (Å²) in [6.07, 6.45) is 6.52. The van der Waals surface area contributed by atoms with E-state index in [0.29, 0.717) is 16.5 Å². The zero-order valence-corrected chi connectivity index (χ0v) is 17.4. The number of benzene rings is 1. The van der Waals surface area contributed by atoms with Crippen molar-refractivity contribution >= 4 is 17.7 Å². The summed E-state index contributed by atoms with van der Waals surface area (Å²) in [6, 6.07) is 12.1. The predicted octanol–water partition coefficient (Wildman–Crippen LogP) is 4.20. The van der Waals surface area contributed by atoms with Crippen LogP contribution in [0.5, 0.6) is 5.75 Å². The number of hydrogen-bond donors (Lipinski definition) is 1. The molecule has 2 aliphatic carbocycles. The Morgan fingerprint density at radius 1 is 1.31 bits per heavy atom. The van der Waals surface area contributed by atoms with Gasteiger partial charge in [0.05, 0.1) is 24.5 Å². The van der Waals surface area contributed by atoms with Gasteiger partial charge >= 0.3 is 0 Å². The van der Waals surface area contributed by atoms with Gasteiger partial charge in [0.25, 0.3) is 0 Å². The van der Waals surface area contributed by atoms with Crippen LogP contribution in [0.2, 0.25) is 0 Å². The zero-order chi connectivity index (χ0) is 20.2. The number of carbonyl (C=O) groups excluding carboxylic acids is 1. The number of rotatable bonds is 7. The number of thioether (sulfide) groups is 1. The molecule has 1 N–H and O–H groups in total. The third-order valence-electron chi connectivity index (χ3n) is 5.61. The molecule has 0 aliphatic heterocycles. The molecule has 0 spiro atoms. The minimum Gasteiger partial charge on any atom is -0.497 e. The van der Waals surface area contributed by atoms with E-state index < -0.39 is 0 Å². The van der Waals surface area contributed by atoms with Crippen molar-refractivity contribution in [1.29, 1.82) is 5.26 Å². The number of carbonyl (C=O) groups is 1. The molecule has 6 heteroatoms. The number of methoxy groups -OCH3 is 1. The number of aryl methyl sites for hydroxylation is 2. The fourth-order valence-corrected chi connectivity index (χ4v) is 4.65. The predicted molar refractivity (Wildman–Crippen MR) is 113 cm³/mol. The Hall–Kier alpha value is -2.52. The molecule has 1 aromatic carbocycles. The number of pyridine rings is 1. The molecule has 1 unspecified atom stereocenters. The minimum atomic E-state index is -0.0221. The highest BCUT2D eigenvalue weighted by molar-refractivity contribution is 8.00. The van der Waals surface area contributed by atoms with Gasteiger partial charge in [-0.25, -0.2) is 4.98 Å². The van der Waals surface area contributed by atoms with E-state index in [0.717, 1.165) is 55.5 Å². The maximum Gasteiger partial charge on any atom is 0.230 e. The van der Waals surface area contributed by atoms with Crippen LogP contribution in [0.3, 0.4) is 0 Å². The first-order chi connectivity index (χ1) is 14.2. The summed E-state index contributed by atoms with van der Waals surface area (Å²) in [5.41, 5.74) is 3.97. The van der Waals surface area contributed by atoms with Crippen LogP contribution in [0.1, 0.15) is 54.1 Å². The molecule has 150 valence electrons. The van der Waals surface area contributed by atoms with Crippen molar-refractivity contribution in [2.24, 2.45) is 5.92 Å². The summed E-state index contributed by atoms with van der Waals surface area (Å²) in [4.78, 5) is 17.4. The maximum absolute atomic E-state index is 12.7. The fourth-order valence-electron chi connectivity index (χ4n) is 3.87. The van der Waals surface area contributed by atoms with Gasteiger partial charge in [0, 0.05) is 5.69 Å². The monoisotopic (exact) mass is 407 g/mol. The molecular weight excluding hydrogens is 382 g/mol. The molecule has 1 heterocycles. The fraction of sp³-hybridized carbons (Fsp3) is 0.435. The Balaban J connectivity index is 1.42.